The van der Waals surface area contributed by atoms with E-state index in [0.29, 0.717) is 27.9 Å². The summed E-state index contributed by atoms with van der Waals surface area (Å²) in [5, 5.41) is 8.03. The molecule has 0 radical (unpaired) electrons. The van der Waals surface area contributed by atoms with Gasteiger partial charge in [-0.05, 0) is 61.0 Å². The van der Waals surface area contributed by atoms with Gasteiger partial charge in [-0.25, -0.2) is 4.39 Å². The number of nitrogens with one attached hydrogen (secondary N) is 1. The van der Waals surface area contributed by atoms with Crippen LogP contribution in [0.1, 0.15) is 23.0 Å². The molecule has 34 heavy (non-hydrogen) atoms. The minimum Gasteiger partial charge on any atom is -0.463 e. The second-order valence-corrected chi connectivity index (χ2v) is 8.69. The third-order valence-electron chi connectivity index (χ3n) is 5.87. The molecule has 0 spiro atoms. The van der Waals surface area contributed by atoms with Gasteiger partial charge in [0, 0.05) is 23.3 Å². The zero-order valence-corrected chi connectivity index (χ0v) is 18.9. The van der Waals surface area contributed by atoms with Crippen molar-refractivity contribution < 1.29 is 18.4 Å². The topological polar surface area (TPSA) is 80.4 Å². The van der Waals surface area contributed by atoms with E-state index in [4.69, 9.17) is 16.0 Å². The molecule has 172 valence electrons. The van der Waals surface area contributed by atoms with Crippen LogP contribution in [0, 0.1) is 5.82 Å². The Bertz CT molecular complexity index is 1350. The van der Waals surface area contributed by atoms with E-state index in [-0.39, 0.29) is 19.0 Å². The minimum atomic E-state index is -1.33. The van der Waals surface area contributed by atoms with E-state index in [1.54, 1.807) is 37.3 Å². The van der Waals surface area contributed by atoms with Gasteiger partial charge in [-0.15, -0.1) is 0 Å². The molecular weight excluding hydrogens is 459 g/mol. The summed E-state index contributed by atoms with van der Waals surface area (Å²) in [5.74, 6) is -0.725. The standard InChI is InChI=1S/C25H20ClFN4O3/c1-25(24(33)28-14-16-4-6-17(26)7-5-16)15-30-21(13-20(29-30)22-3-2-12-34-22)23(32)31(25)19-10-8-18(27)9-11-19/h2-13H,14-15H2,1H3,(H,28,33)/t25-/m1/s1. The van der Waals surface area contributed by atoms with E-state index >= 15 is 0 Å². The van der Waals surface area contributed by atoms with Crippen molar-refractivity contribution in [3.05, 3.63) is 95.1 Å². The number of benzene rings is 2. The summed E-state index contributed by atoms with van der Waals surface area (Å²) in [7, 11) is 0. The number of aromatic nitrogens is 2. The van der Waals surface area contributed by atoms with Crippen LogP contribution < -0.4 is 10.2 Å². The Morgan fingerprint density at radius 2 is 1.91 bits per heavy atom. The quantitative estimate of drug-likeness (QED) is 0.452. The number of halogens is 2. The molecule has 0 unspecified atom stereocenters. The lowest BCUT2D eigenvalue weighted by molar-refractivity contribution is -0.126. The van der Waals surface area contributed by atoms with E-state index in [9.17, 15) is 14.0 Å². The number of hydrogen-bond acceptors (Lipinski definition) is 4. The van der Waals surface area contributed by atoms with Crippen LogP contribution in [0.5, 0.6) is 0 Å². The first-order valence-electron chi connectivity index (χ1n) is 10.6. The second kappa shape index (κ2) is 8.46. The monoisotopic (exact) mass is 478 g/mol. The van der Waals surface area contributed by atoms with Gasteiger partial charge in [0.05, 0.1) is 12.8 Å². The first-order chi connectivity index (χ1) is 16.3. The summed E-state index contributed by atoms with van der Waals surface area (Å²) in [4.78, 5) is 28.6. The maximum absolute atomic E-state index is 13.7. The highest BCUT2D eigenvalue weighted by molar-refractivity contribution is 6.30. The lowest BCUT2D eigenvalue weighted by Gasteiger charge is -2.43. The Kier molecular flexibility index (Phi) is 5.45. The fourth-order valence-electron chi connectivity index (χ4n) is 4.10. The van der Waals surface area contributed by atoms with Crippen LogP contribution in [-0.4, -0.2) is 27.1 Å². The Balaban J connectivity index is 1.52. The van der Waals surface area contributed by atoms with Crippen LogP contribution >= 0.6 is 11.6 Å². The molecule has 0 bridgehead atoms. The van der Waals surface area contributed by atoms with Gasteiger partial charge in [-0.2, -0.15) is 5.10 Å². The largest absolute Gasteiger partial charge is 0.463 e. The first kappa shape index (κ1) is 21.9. The third kappa shape index (κ3) is 3.86. The molecule has 0 aliphatic carbocycles. The number of furan rings is 1. The van der Waals surface area contributed by atoms with Gasteiger partial charge in [0.25, 0.3) is 5.91 Å². The van der Waals surface area contributed by atoms with Crippen LogP contribution in [-0.2, 0) is 17.9 Å². The van der Waals surface area contributed by atoms with Crippen molar-refractivity contribution in [2.24, 2.45) is 0 Å². The molecule has 1 aliphatic rings. The van der Waals surface area contributed by atoms with E-state index in [1.807, 2.05) is 12.1 Å². The summed E-state index contributed by atoms with van der Waals surface area (Å²) in [6, 6.07) is 17.7. The molecule has 4 aromatic rings. The molecule has 7 nitrogen and oxygen atoms in total. The molecule has 1 N–H and O–H groups in total. The van der Waals surface area contributed by atoms with Crippen molar-refractivity contribution in [3.63, 3.8) is 0 Å². The van der Waals surface area contributed by atoms with E-state index in [0.717, 1.165) is 5.56 Å². The van der Waals surface area contributed by atoms with Crippen molar-refractivity contribution in [1.82, 2.24) is 15.1 Å². The van der Waals surface area contributed by atoms with Crippen LogP contribution in [0.4, 0.5) is 10.1 Å². The minimum absolute atomic E-state index is 0.0958. The third-order valence-corrected chi connectivity index (χ3v) is 6.12. The molecule has 0 saturated heterocycles. The highest BCUT2D eigenvalue weighted by Gasteiger charge is 2.49. The Hall–Kier alpha value is -3.91. The fraction of sp³-hybridized carbons (Fsp3) is 0.160. The molecule has 1 aliphatic heterocycles. The van der Waals surface area contributed by atoms with Crippen molar-refractivity contribution in [1.29, 1.82) is 0 Å². The number of hydrogen-bond donors (Lipinski definition) is 1. The molecular formula is C25H20ClFN4O3. The number of fused-ring (bicyclic) bond motifs is 1. The zero-order valence-electron chi connectivity index (χ0n) is 18.2. The highest BCUT2D eigenvalue weighted by atomic mass is 35.5. The fourth-order valence-corrected chi connectivity index (χ4v) is 4.22. The molecule has 1 atom stereocenters. The van der Waals surface area contributed by atoms with Crippen LogP contribution in [0.25, 0.3) is 11.5 Å². The molecule has 2 aromatic heterocycles. The smallest absolute Gasteiger partial charge is 0.277 e. The SMILES string of the molecule is C[C@]1(C(=O)NCc2ccc(Cl)cc2)Cn2nc(-c3ccco3)cc2C(=O)N1c1ccc(F)cc1. The van der Waals surface area contributed by atoms with Gasteiger partial charge in [-0.3, -0.25) is 19.2 Å². The van der Waals surface area contributed by atoms with Crippen molar-refractivity contribution in [2.45, 2.75) is 25.6 Å². The summed E-state index contributed by atoms with van der Waals surface area (Å²) < 4.78 is 20.6. The molecule has 0 fully saturated rings. The summed E-state index contributed by atoms with van der Waals surface area (Å²) >= 11 is 5.94. The number of carbonyl (C=O) groups excluding carboxylic acids is 2. The Labute approximate surface area is 199 Å². The number of amides is 2. The first-order valence-corrected chi connectivity index (χ1v) is 11.0. The number of nitrogens with zero attached hydrogens (tertiary/aromatic N) is 3. The van der Waals surface area contributed by atoms with E-state index in [1.165, 1.54) is 40.1 Å². The second-order valence-electron chi connectivity index (χ2n) is 8.25. The maximum atomic E-state index is 13.7. The summed E-state index contributed by atoms with van der Waals surface area (Å²) in [5.41, 5.74) is 0.719. The van der Waals surface area contributed by atoms with Gasteiger partial charge < -0.3 is 9.73 Å². The van der Waals surface area contributed by atoms with Crippen LogP contribution in [0.2, 0.25) is 5.02 Å². The number of carbonyl (C=O) groups is 2. The maximum Gasteiger partial charge on any atom is 0.277 e. The van der Waals surface area contributed by atoms with Crippen molar-refractivity contribution in [2.75, 3.05) is 4.90 Å². The molecule has 9 heteroatoms. The van der Waals surface area contributed by atoms with Crippen LogP contribution in [0.3, 0.4) is 0 Å². The number of anilines is 1. The van der Waals surface area contributed by atoms with E-state index in [2.05, 4.69) is 10.4 Å². The average molecular weight is 479 g/mol. The van der Waals surface area contributed by atoms with Gasteiger partial charge >= 0.3 is 0 Å². The number of rotatable bonds is 5. The lowest BCUT2D eigenvalue weighted by atomic mass is 9.93. The average Bonchev–Trinajstić information content (AvgIpc) is 3.50. The summed E-state index contributed by atoms with van der Waals surface area (Å²) in [6.45, 7) is 2.02. The molecule has 2 amide bonds. The molecule has 3 heterocycles. The Morgan fingerprint density at radius 3 is 2.59 bits per heavy atom. The van der Waals surface area contributed by atoms with Gasteiger partial charge in [-0.1, -0.05) is 23.7 Å². The lowest BCUT2D eigenvalue weighted by Crippen LogP contribution is -2.64. The van der Waals surface area contributed by atoms with Crippen molar-refractivity contribution >= 4 is 29.1 Å². The molecule has 0 saturated carbocycles. The normalized spacial score (nSPS) is 17.5. The van der Waals surface area contributed by atoms with Gasteiger partial charge in [0.2, 0.25) is 5.91 Å². The predicted molar refractivity (Wildman–Crippen MR) is 125 cm³/mol. The van der Waals surface area contributed by atoms with Crippen molar-refractivity contribution in [3.8, 4) is 11.5 Å². The Morgan fingerprint density at radius 1 is 1.18 bits per heavy atom. The molecule has 2 aromatic carbocycles. The summed E-state index contributed by atoms with van der Waals surface area (Å²) in [6.07, 6.45) is 1.52. The molecule has 5 rings (SSSR count). The predicted octanol–water partition coefficient (Wildman–Crippen LogP) is 4.67. The zero-order chi connectivity index (χ0) is 23.9. The van der Waals surface area contributed by atoms with E-state index < -0.39 is 17.3 Å². The van der Waals surface area contributed by atoms with Crippen LogP contribution in [0.15, 0.2) is 77.4 Å². The highest BCUT2D eigenvalue weighted by Crippen LogP contribution is 2.34. The van der Waals surface area contributed by atoms with Gasteiger partial charge in [0.1, 0.15) is 22.7 Å². The van der Waals surface area contributed by atoms with Gasteiger partial charge in [0.15, 0.2) is 5.76 Å².